The standard InChI is InChI=1S/C12H14F/c1-4-9(3)11-6-10(5-2)7-12(13)8-11/h4,6-8H,1,5H2,2-3H3. The van der Waals surface area contributed by atoms with Gasteiger partial charge >= 0.3 is 0 Å². The first-order valence-corrected chi connectivity index (χ1v) is 4.43. The van der Waals surface area contributed by atoms with Crippen LogP contribution in [0, 0.1) is 11.7 Å². The van der Waals surface area contributed by atoms with Gasteiger partial charge in [0, 0.05) is 5.92 Å². The second kappa shape index (κ2) is 4.22. The smallest absolute Gasteiger partial charge is 0.123 e. The Kier molecular flexibility index (Phi) is 3.24. The van der Waals surface area contributed by atoms with Gasteiger partial charge in [0.25, 0.3) is 0 Å². The molecule has 0 spiro atoms. The Balaban J connectivity index is 3.07. The molecule has 0 heterocycles. The highest BCUT2D eigenvalue weighted by Gasteiger charge is 2.04. The summed E-state index contributed by atoms with van der Waals surface area (Å²) in [6.45, 7) is 7.61. The van der Waals surface area contributed by atoms with Crippen molar-refractivity contribution in [1.82, 2.24) is 0 Å². The summed E-state index contributed by atoms with van der Waals surface area (Å²) >= 11 is 0. The topological polar surface area (TPSA) is 0 Å². The summed E-state index contributed by atoms with van der Waals surface area (Å²) in [6.07, 6.45) is 2.60. The van der Waals surface area contributed by atoms with Gasteiger partial charge in [-0.3, -0.25) is 0 Å². The lowest BCUT2D eigenvalue weighted by atomic mass is 9.98. The van der Waals surface area contributed by atoms with Crippen molar-refractivity contribution in [3.63, 3.8) is 0 Å². The quantitative estimate of drug-likeness (QED) is 0.662. The van der Waals surface area contributed by atoms with Gasteiger partial charge in [-0.15, -0.1) is 6.58 Å². The van der Waals surface area contributed by atoms with E-state index in [2.05, 4.69) is 6.58 Å². The Morgan fingerprint density at radius 1 is 1.46 bits per heavy atom. The van der Waals surface area contributed by atoms with Crippen LogP contribution in [0.2, 0.25) is 0 Å². The van der Waals surface area contributed by atoms with E-state index in [1.54, 1.807) is 12.1 Å². The molecule has 0 saturated heterocycles. The largest absolute Gasteiger partial charge is 0.207 e. The van der Waals surface area contributed by atoms with Crippen LogP contribution in [-0.2, 0) is 6.42 Å². The summed E-state index contributed by atoms with van der Waals surface area (Å²) in [7, 11) is 0. The Morgan fingerprint density at radius 2 is 2.15 bits per heavy atom. The number of hydrogen-bond donors (Lipinski definition) is 0. The van der Waals surface area contributed by atoms with Gasteiger partial charge in [0.1, 0.15) is 5.82 Å². The van der Waals surface area contributed by atoms with Gasteiger partial charge in [0.2, 0.25) is 0 Å². The molecule has 0 fully saturated rings. The second-order valence-electron chi connectivity index (χ2n) is 3.09. The molecule has 0 bridgehead atoms. The molecule has 13 heavy (non-hydrogen) atoms. The van der Waals surface area contributed by atoms with Crippen molar-refractivity contribution < 1.29 is 4.39 Å². The summed E-state index contributed by atoms with van der Waals surface area (Å²) in [5, 5.41) is 0. The Hall–Kier alpha value is -1.11. The van der Waals surface area contributed by atoms with Crippen LogP contribution in [0.15, 0.2) is 30.9 Å². The van der Waals surface area contributed by atoms with Gasteiger partial charge in [-0.05, 0) is 29.7 Å². The number of aryl methyl sites for hydroxylation is 1. The van der Waals surface area contributed by atoms with E-state index in [4.69, 9.17) is 0 Å². The molecule has 1 rings (SSSR count). The fourth-order valence-electron chi connectivity index (χ4n) is 1.20. The van der Waals surface area contributed by atoms with Crippen LogP contribution < -0.4 is 0 Å². The van der Waals surface area contributed by atoms with E-state index in [1.165, 1.54) is 6.07 Å². The van der Waals surface area contributed by atoms with Crippen LogP contribution in [-0.4, -0.2) is 0 Å². The molecule has 0 atom stereocenters. The van der Waals surface area contributed by atoms with Crippen molar-refractivity contribution in [3.8, 4) is 0 Å². The average Bonchev–Trinajstić information content (AvgIpc) is 2.15. The Labute approximate surface area is 79.1 Å². The van der Waals surface area contributed by atoms with E-state index in [-0.39, 0.29) is 5.82 Å². The second-order valence-corrected chi connectivity index (χ2v) is 3.09. The summed E-state index contributed by atoms with van der Waals surface area (Å²) in [4.78, 5) is 0. The zero-order valence-electron chi connectivity index (χ0n) is 8.10. The first-order chi connectivity index (χ1) is 6.17. The Morgan fingerprint density at radius 3 is 2.69 bits per heavy atom. The van der Waals surface area contributed by atoms with E-state index in [1.807, 2.05) is 19.9 Å². The number of benzene rings is 1. The lowest BCUT2D eigenvalue weighted by molar-refractivity contribution is 0.624. The first-order valence-electron chi connectivity index (χ1n) is 4.43. The minimum absolute atomic E-state index is 0.171. The van der Waals surface area contributed by atoms with Gasteiger partial charge < -0.3 is 0 Å². The maximum atomic E-state index is 13.1. The summed E-state index contributed by atoms with van der Waals surface area (Å²) in [6, 6.07) is 5.11. The van der Waals surface area contributed by atoms with Crippen LogP contribution in [0.3, 0.4) is 0 Å². The van der Waals surface area contributed by atoms with Crippen LogP contribution >= 0.6 is 0 Å². The van der Waals surface area contributed by atoms with E-state index in [0.29, 0.717) is 0 Å². The molecule has 0 aromatic heterocycles. The highest BCUT2D eigenvalue weighted by molar-refractivity contribution is 5.38. The average molecular weight is 177 g/mol. The molecule has 0 saturated carbocycles. The molecular weight excluding hydrogens is 163 g/mol. The molecular formula is C12H14F. The number of rotatable bonds is 3. The maximum absolute atomic E-state index is 13.1. The molecule has 0 nitrogen and oxygen atoms in total. The van der Waals surface area contributed by atoms with Crippen molar-refractivity contribution in [2.24, 2.45) is 0 Å². The summed E-state index contributed by atoms with van der Waals surface area (Å²) in [5.74, 6) is 0.838. The third-order valence-electron chi connectivity index (χ3n) is 2.13. The van der Waals surface area contributed by atoms with E-state index < -0.39 is 0 Å². The molecule has 0 N–H and O–H groups in total. The molecule has 1 aromatic rings. The van der Waals surface area contributed by atoms with Crippen molar-refractivity contribution in [2.75, 3.05) is 0 Å². The zero-order valence-corrected chi connectivity index (χ0v) is 8.10. The van der Waals surface area contributed by atoms with Crippen molar-refractivity contribution in [2.45, 2.75) is 20.3 Å². The number of hydrogen-bond acceptors (Lipinski definition) is 0. The summed E-state index contributed by atoms with van der Waals surface area (Å²) < 4.78 is 13.1. The predicted molar refractivity (Wildman–Crippen MR) is 54.0 cm³/mol. The monoisotopic (exact) mass is 177 g/mol. The highest BCUT2D eigenvalue weighted by atomic mass is 19.1. The molecule has 0 unspecified atom stereocenters. The van der Waals surface area contributed by atoms with Crippen LogP contribution in [0.5, 0.6) is 0 Å². The lowest BCUT2D eigenvalue weighted by Gasteiger charge is -2.07. The zero-order chi connectivity index (χ0) is 9.84. The molecule has 1 aromatic carbocycles. The van der Waals surface area contributed by atoms with Gasteiger partial charge in [-0.2, -0.15) is 0 Å². The fraction of sp³-hybridized carbons (Fsp3) is 0.250. The molecule has 0 aliphatic rings. The normalized spacial score (nSPS) is 10.5. The molecule has 1 radical (unpaired) electrons. The van der Waals surface area contributed by atoms with Gasteiger partial charge in [0.05, 0.1) is 0 Å². The number of halogens is 1. The van der Waals surface area contributed by atoms with Gasteiger partial charge in [-0.25, -0.2) is 4.39 Å². The molecule has 69 valence electrons. The first kappa shape index (κ1) is 9.97. The Bertz CT molecular complexity index is 302. The van der Waals surface area contributed by atoms with E-state index in [9.17, 15) is 4.39 Å². The van der Waals surface area contributed by atoms with Gasteiger partial charge in [-0.1, -0.05) is 26.0 Å². The summed E-state index contributed by atoms with van der Waals surface area (Å²) in [5.41, 5.74) is 1.95. The third kappa shape index (κ3) is 2.41. The SMILES string of the molecule is C=C[C](C)c1cc(F)cc(CC)c1. The third-order valence-corrected chi connectivity index (χ3v) is 2.13. The molecule has 1 heteroatoms. The van der Waals surface area contributed by atoms with E-state index in [0.717, 1.165) is 23.5 Å². The molecule has 0 aliphatic heterocycles. The van der Waals surface area contributed by atoms with Crippen LogP contribution in [0.4, 0.5) is 4.39 Å². The molecule has 0 aliphatic carbocycles. The van der Waals surface area contributed by atoms with Crippen LogP contribution in [0.1, 0.15) is 25.0 Å². The maximum Gasteiger partial charge on any atom is 0.123 e. The van der Waals surface area contributed by atoms with Crippen molar-refractivity contribution in [3.05, 3.63) is 53.7 Å². The van der Waals surface area contributed by atoms with Crippen molar-refractivity contribution >= 4 is 0 Å². The fourth-order valence-corrected chi connectivity index (χ4v) is 1.20. The van der Waals surface area contributed by atoms with Crippen molar-refractivity contribution in [1.29, 1.82) is 0 Å². The molecule has 0 amide bonds. The predicted octanol–water partition coefficient (Wildman–Crippen LogP) is 3.52. The minimum atomic E-state index is -0.171. The van der Waals surface area contributed by atoms with E-state index >= 15 is 0 Å². The lowest BCUT2D eigenvalue weighted by Crippen LogP contribution is -1.93. The van der Waals surface area contributed by atoms with Crippen LogP contribution in [0.25, 0.3) is 0 Å². The number of allylic oxidation sites excluding steroid dienone is 1. The minimum Gasteiger partial charge on any atom is -0.207 e. The van der Waals surface area contributed by atoms with Gasteiger partial charge in [0.15, 0.2) is 0 Å². The highest BCUT2D eigenvalue weighted by Crippen LogP contribution is 2.18.